The lowest BCUT2D eigenvalue weighted by atomic mass is 9.95. The van der Waals surface area contributed by atoms with E-state index in [2.05, 4.69) is 15.2 Å². The molecule has 3 N–H and O–H groups in total. The molecule has 2 heterocycles. The molecule has 0 radical (unpaired) electrons. The third-order valence-corrected chi connectivity index (χ3v) is 6.98. The van der Waals surface area contributed by atoms with Gasteiger partial charge in [-0.25, -0.2) is 8.42 Å². The lowest BCUT2D eigenvalue weighted by Gasteiger charge is -2.35. The first kappa shape index (κ1) is 23.7. The van der Waals surface area contributed by atoms with Crippen LogP contribution in [0, 0.1) is 11.8 Å². The number of aliphatic imine (C=N–C) groups is 1. The Hall–Kier alpha value is -1.56. The van der Waals surface area contributed by atoms with Gasteiger partial charge in [0.2, 0.25) is 5.91 Å². The number of nitrogens with two attached hydrogens (primary N) is 1. The maximum atomic E-state index is 12.7. The summed E-state index contributed by atoms with van der Waals surface area (Å²) < 4.78 is 61.5. The second-order valence-electron chi connectivity index (χ2n) is 7.61. The van der Waals surface area contributed by atoms with Gasteiger partial charge in [0.05, 0.1) is 0 Å². The van der Waals surface area contributed by atoms with E-state index in [1.807, 2.05) is 6.92 Å². The molecule has 2 aliphatic heterocycles. The zero-order valence-corrected chi connectivity index (χ0v) is 17.4. The predicted molar refractivity (Wildman–Crippen MR) is 103 cm³/mol. The maximum absolute atomic E-state index is 12.7. The fourth-order valence-electron chi connectivity index (χ4n) is 3.83. The summed E-state index contributed by atoms with van der Waals surface area (Å²) in [6.45, 7) is 4.21. The largest absolute Gasteiger partial charge is 0.511 e. The van der Waals surface area contributed by atoms with Gasteiger partial charge in [-0.1, -0.05) is 0 Å². The third kappa shape index (κ3) is 6.46. The fourth-order valence-corrected chi connectivity index (χ4v) is 4.81. The van der Waals surface area contributed by atoms with E-state index in [0.29, 0.717) is 49.2 Å². The Labute approximate surface area is 169 Å². The molecule has 168 valence electrons. The lowest BCUT2D eigenvalue weighted by Crippen LogP contribution is -2.47. The van der Waals surface area contributed by atoms with Crippen LogP contribution in [0.4, 0.5) is 13.2 Å². The van der Waals surface area contributed by atoms with Crippen molar-refractivity contribution in [3.05, 3.63) is 0 Å². The Kier molecular flexibility index (Phi) is 8.15. The number of hydrogen-bond donors (Lipinski definition) is 2. The van der Waals surface area contributed by atoms with E-state index in [1.54, 1.807) is 0 Å². The van der Waals surface area contributed by atoms with E-state index in [1.165, 1.54) is 0 Å². The van der Waals surface area contributed by atoms with Crippen molar-refractivity contribution < 1.29 is 26.4 Å². The van der Waals surface area contributed by atoms with Gasteiger partial charge in [0.1, 0.15) is 0 Å². The predicted octanol–water partition coefficient (Wildman–Crippen LogP) is 1.10. The number of rotatable bonds is 6. The van der Waals surface area contributed by atoms with Gasteiger partial charge < -0.3 is 16.0 Å². The van der Waals surface area contributed by atoms with Crippen molar-refractivity contribution in [2.45, 2.75) is 44.5 Å². The molecule has 0 bridgehead atoms. The van der Waals surface area contributed by atoms with Crippen LogP contribution in [0.2, 0.25) is 0 Å². The molecule has 0 aromatic heterocycles. The van der Waals surface area contributed by atoms with Crippen LogP contribution in [0.1, 0.15) is 39.0 Å². The Morgan fingerprint density at radius 3 is 2.38 bits per heavy atom. The number of carbonyl (C=O) groups excluding carboxylic acids is 1. The smallest absolute Gasteiger partial charge is 0.370 e. The van der Waals surface area contributed by atoms with Gasteiger partial charge in [-0.05, 0) is 44.4 Å². The van der Waals surface area contributed by atoms with E-state index in [4.69, 9.17) is 5.73 Å². The second-order valence-corrected chi connectivity index (χ2v) is 9.54. The van der Waals surface area contributed by atoms with Gasteiger partial charge in [0.25, 0.3) is 0 Å². The van der Waals surface area contributed by atoms with Crippen LogP contribution in [0.3, 0.4) is 0 Å². The quantitative estimate of drug-likeness (QED) is 0.474. The number of alkyl halides is 3. The van der Waals surface area contributed by atoms with Crippen molar-refractivity contribution >= 4 is 21.9 Å². The molecule has 0 aromatic carbocycles. The van der Waals surface area contributed by atoms with Gasteiger partial charge >= 0.3 is 15.5 Å². The zero-order chi connectivity index (χ0) is 21.7. The molecule has 2 fully saturated rings. The fraction of sp³-hybridized carbons (Fsp3) is 0.882. The Morgan fingerprint density at radius 1 is 1.17 bits per heavy atom. The Bertz CT molecular complexity index is 691. The number of nitrogens with one attached hydrogen (secondary N) is 1. The number of piperidine rings is 2. The van der Waals surface area contributed by atoms with Crippen molar-refractivity contribution in [1.82, 2.24) is 14.5 Å². The summed E-state index contributed by atoms with van der Waals surface area (Å²) in [7, 11) is -5.26. The highest BCUT2D eigenvalue weighted by Gasteiger charge is 2.50. The zero-order valence-electron chi connectivity index (χ0n) is 16.6. The first-order chi connectivity index (χ1) is 13.5. The van der Waals surface area contributed by atoms with Crippen LogP contribution in [0.25, 0.3) is 0 Å². The number of sulfonamides is 1. The number of carbonyl (C=O) groups is 1. The van der Waals surface area contributed by atoms with E-state index in [9.17, 15) is 26.4 Å². The summed E-state index contributed by atoms with van der Waals surface area (Å²) in [5.41, 5.74) is 0.0498. The molecule has 0 aromatic rings. The standard InChI is InChI=1S/C17H30F3N5O3S/c1-2-22-16(24-7-3-4-14(12-24)10-15(21)26)23-11-13-5-8-25(9-6-13)29(27,28)17(18,19)20/h13-14H,2-12H2,1H3,(H2,21,26)(H,22,23). The number of halogens is 3. The molecule has 2 aliphatic rings. The highest BCUT2D eigenvalue weighted by molar-refractivity contribution is 7.90. The van der Waals surface area contributed by atoms with Gasteiger partial charge in [-0.2, -0.15) is 17.5 Å². The first-order valence-electron chi connectivity index (χ1n) is 9.92. The molecule has 1 amide bonds. The van der Waals surface area contributed by atoms with Crippen LogP contribution in [-0.2, 0) is 14.8 Å². The first-order valence-corrected chi connectivity index (χ1v) is 11.4. The minimum absolute atomic E-state index is 0.0227. The van der Waals surface area contributed by atoms with Crippen molar-refractivity contribution in [2.75, 3.05) is 39.3 Å². The van der Waals surface area contributed by atoms with Crippen LogP contribution >= 0.6 is 0 Å². The summed E-state index contributed by atoms with van der Waals surface area (Å²) in [5, 5.41) is 3.22. The van der Waals surface area contributed by atoms with E-state index < -0.39 is 15.5 Å². The number of amides is 1. The van der Waals surface area contributed by atoms with Gasteiger partial charge in [-0.3, -0.25) is 9.79 Å². The number of likely N-dealkylation sites (tertiary alicyclic amines) is 1. The molecular weight excluding hydrogens is 411 g/mol. The summed E-state index contributed by atoms with van der Waals surface area (Å²) in [6, 6.07) is 0. The van der Waals surface area contributed by atoms with Crippen LogP contribution < -0.4 is 11.1 Å². The average Bonchev–Trinajstić information content (AvgIpc) is 2.64. The van der Waals surface area contributed by atoms with Crippen LogP contribution in [0.15, 0.2) is 4.99 Å². The van der Waals surface area contributed by atoms with Crippen molar-refractivity contribution in [3.63, 3.8) is 0 Å². The second kappa shape index (κ2) is 9.96. The Morgan fingerprint density at radius 2 is 1.83 bits per heavy atom. The minimum atomic E-state index is -5.26. The van der Waals surface area contributed by atoms with Gasteiger partial charge in [0.15, 0.2) is 5.96 Å². The van der Waals surface area contributed by atoms with Crippen LogP contribution in [0.5, 0.6) is 0 Å². The summed E-state index contributed by atoms with van der Waals surface area (Å²) >= 11 is 0. The molecule has 0 saturated carbocycles. The van der Waals surface area contributed by atoms with Crippen molar-refractivity contribution in [3.8, 4) is 0 Å². The highest BCUT2D eigenvalue weighted by Crippen LogP contribution is 2.30. The molecule has 0 aliphatic carbocycles. The SMILES string of the molecule is CCNC(=NCC1CCN(S(=O)(=O)C(F)(F)F)CC1)N1CCCC(CC(N)=O)C1. The normalized spacial score (nSPS) is 23.2. The summed E-state index contributed by atoms with van der Waals surface area (Å²) in [6.07, 6.45) is 2.87. The van der Waals surface area contributed by atoms with Crippen LogP contribution in [-0.4, -0.2) is 74.3 Å². The maximum Gasteiger partial charge on any atom is 0.511 e. The van der Waals surface area contributed by atoms with E-state index >= 15 is 0 Å². The minimum Gasteiger partial charge on any atom is -0.370 e. The molecule has 29 heavy (non-hydrogen) atoms. The molecular formula is C17H30F3N5O3S. The van der Waals surface area contributed by atoms with E-state index in [-0.39, 0.29) is 30.8 Å². The topological polar surface area (TPSA) is 108 Å². The summed E-state index contributed by atoms with van der Waals surface area (Å²) in [5.74, 6) is 0.599. The lowest BCUT2D eigenvalue weighted by molar-refractivity contribution is -0.119. The van der Waals surface area contributed by atoms with Gasteiger partial charge in [-0.15, -0.1) is 0 Å². The third-order valence-electron chi connectivity index (χ3n) is 5.35. The van der Waals surface area contributed by atoms with Gasteiger partial charge in [0, 0.05) is 45.7 Å². The molecule has 0 spiro atoms. The number of primary amides is 1. The monoisotopic (exact) mass is 441 g/mol. The molecule has 1 unspecified atom stereocenters. The van der Waals surface area contributed by atoms with E-state index in [0.717, 1.165) is 19.4 Å². The molecule has 1 atom stereocenters. The van der Waals surface area contributed by atoms with Crippen molar-refractivity contribution in [1.29, 1.82) is 0 Å². The number of guanidine groups is 1. The Balaban J connectivity index is 1.93. The molecule has 2 saturated heterocycles. The molecule has 8 nitrogen and oxygen atoms in total. The molecule has 2 rings (SSSR count). The molecule has 12 heteroatoms. The highest BCUT2D eigenvalue weighted by atomic mass is 32.2. The number of nitrogens with zero attached hydrogens (tertiary/aromatic N) is 3. The number of hydrogen-bond acceptors (Lipinski definition) is 4. The van der Waals surface area contributed by atoms with Crippen molar-refractivity contribution in [2.24, 2.45) is 22.6 Å². The summed E-state index contributed by atoms with van der Waals surface area (Å²) in [4.78, 5) is 17.9. The average molecular weight is 442 g/mol.